The summed E-state index contributed by atoms with van der Waals surface area (Å²) in [6, 6.07) is 0. The lowest BCUT2D eigenvalue weighted by atomic mass is 10.0. The van der Waals surface area contributed by atoms with Gasteiger partial charge in [-0.1, -0.05) is 46.6 Å². The van der Waals surface area contributed by atoms with Gasteiger partial charge in [-0.25, -0.2) is 0 Å². The van der Waals surface area contributed by atoms with Crippen LogP contribution in [-0.2, 0) is 4.79 Å². The second kappa shape index (κ2) is 13.6. The van der Waals surface area contributed by atoms with E-state index in [4.69, 9.17) is 0 Å². The number of allylic oxidation sites excluding steroid dienone is 7. The van der Waals surface area contributed by atoms with Crippen molar-refractivity contribution in [3.8, 4) is 0 Å². The minimum atomic E-state index is 0.324. The number of hydrogen-bond acceptors (Lipinski definition) is 1. The molecule has 152 valence electrons. The van der Waals surface area contributed by atoms with Crippen LogP contribution in [0.15, 0.2) is 46.6 Å². The Bertz CT molecular complexity index is 573. The Kier molecular flexibility index (Phi) is 11.8. The van der Waals surface area contributed by atoms with E-state index in [2.05, 4.69) is 58.9 Å². The number of carbonyl (C=O) groups excluding carboxylic acids is 1. The average Bonchev–Trinajstić information content (AvgIpc) is 2.60. The summed E-state index contributed by atoms with van der Waals surface area (Å²) in [7, 11) is 0. The first kappa shape index (κ1) is 23.5. The van der Waals surface area contributed by atoms with Crippen LogP contribution in [0, 0.1) is 0 Å². The van der Waals surface area contributed by atoms with E-state index >= 15 is 0 Å². The van der Waals surface area contributed by atoms with Crippen LogP contribution in [0.3, 0.4) is 0 Å². The number of carbonyl (C=O) groups is 1. The molecule has 0 aromatic carbocycles. The molecule has 1 saturated heterocycles. The lowest BCUT2D eigenvalue weighted by molar-refractivity contribution is -0.132. The maximum atomic E-state index is 11.8. The van der Waals surface area contributed by atoms with Crippen LogP contribution in [0.5, 0.6) is 0 Å². The normalized spacial score (nSPS) is 16.7. The summed E-state index contributed by atoms with van der Waals surface area (Å²) in [5, 5.41) is 0. The van der Waals surface area contributed by atoms with Crippen molar-refractivity contribution in [2.45, 2.75) is 92.4 Å². The number of amides is 1. The molecule has 0 N–H and O–H groups in total. The van der Waals surface area contributed by atoms with Gasteiger partial charge in [0, 0.05) is 19.5 Å². The fourth-order valence-corrected chi connectivity index (χ4v) is 3.31. The van der Waals surface area contributed by atoms with Crippen LogP contribution in [0.4, 0.5) is 0 Å². The minimum Gasteiger partial charge on any atom is -0.339 e. The largest absolute Gasteiger partial charge is 0.339 e. The maximum absolute atomic E-state index is 11.8. The predicted molar refractivity (Wildman–Crippen MR) is 119 cm³/mol. The highest BCUT2D eigenvalue weighted by atomic mass is 16.2. The van der Waals surface area contributed by atoms with Gasteiger partial charge >= 0.3 is 0 Å². The SMILES string of the molecule is CC(C)=CCC/C(C)=C/CC/C(C)=C/CC/C(C)=C/CN1CCCCC1=O. The van der Waals surface area contributed by atoms with Crippen LogP contribution in [-0.4, -0.2) is 23.9 Å². The fraction of sp³-hybridized carbons (Fsp3) is 0.640. The van der Waals surface area contributed by atoms with E-state index in [0.29, 0.717) is 5.91 Å². The van der Waals surface area contributed by atoms with E-state index in [0.717, 1.165) is 64.5 Å². The van der Waals surface area contributed by atoms with Crippen molar-refractivity contribution in [1.29, 1.82) is 0 Å². The maximum Gasteiger partial charge on any atom is 0.222 e. The van der Waals surface area contributed by atoms with Gasteiger partial charge in [0.1, 0.15) is 0 Å². The molecular formula is C25H41NO. The lowest BCUT2D eigenvalue weighted by Gasteiger charge is -2.25. The highest BCUT2D eigenvalue weighted by Crippen LogP contribution is 2.14. The van der Waals surface area contributed by atoms with Crippen LogP contribution in [0.2, 0.25) is 0 Å². The molecule has 1 aliphatic rings. The van der Waals surface area contributed by atoms with Gasteiger partial charge in [0.05, 0.1) is 0 Å². The Morgan fingerprint density at radius 2 is 1.30 bits per heavy atom. The summed E-state index contributed by atoms with van der Waals surface area (Å²) in [4.78, 5) is 13.8. The third-order valence-electron chi connectivity index (χ3n) is 5.24. The van der Waals surface area contributed by atoms with Crippen LogP contribution >= 0.6 is 0 Å². The lowest BCUT2D eigenvalue weighted by Crippen LogP contribution is -2.35. The van der Waals surface area contributed by atoms with E-state index in [1.54, 1.807) is 0 Å². The molecule has 1 amide bonds. The van der Waals surface area contributed by atoms with Crippen LogP contribution in [0.25, 0.3) is 0 Å². The first-order valence-electron chi connectivity index (χ1n) is 10.8. The first-order chi connectivity index (χ1) is 12.9. The summed E-state index contributed by atoms with van der Waals surface area (Å²) in [6.45, 7) is 12.7. The summed E-state index contributed by atoms with van der Waals surface area (Å²) in [5.74, 6) is 0.324. The van der Waals surface area contributed by atoms with Gasteiger partial charge in [-0.3, -0.25) is 4.79 Å². The Morgan fingerprint density at radius 3 is 1.81 bits per heavy atom. The molecule has 1 rings (SSSR count). The number of likely N-dealkylation sites (tertiary alicyclic amines) is 1. The zero-order chi connectivity index (χ0) is 20.1. The molecule has 1 fully saturated rings. The van der Waals surface area contributed by atoms with Gasteiger partial charge in [0.25, 0.3) is 0 Å². The van der Waals surface area contributed by atoms with E-state index in [1.165, 1.54) is 28.7 Å². The molecule has 0 atom stereocenters. The number of nitrogens with zero attached hydrogens (tertiary/aromatic N) is 1. The second-order valence-electron chi connectivity index (χ2n) is 8.35. The predicted octanol–water partition coefficient (Wildman–Crippen LogP) is 7.14. The van der Waals surface area contributed by atoms with Gasteiger partial charge in [-0.2, -0.15) is 0 Å². The molecule has 0 saturated carbocycles. The second-order valence-corrected chi connectivity index (χ2v) is 8.35. The average molecular weight is 372 g/mol. The highest BCUT2D eigenvalue weighted by molar-refractivity contribution is 5.76. The summed E-state index contributed by atoms with van der Waals surface area (Å²) < 4.78 is 0. The molecule has 1 heterocycles. The molecule has 2 nitrogen and oxygen atoms in total. The molecule has 0 spiro atoms. The van der Waals surface area contributed by atoms with Gasteiger partial charge in [-0.15, -0.1) is 0 Å². The van der Waals surface area contributed by atoms with Crippen molar-refractivity contribution >= 4 is 5.91 Å². The molecule has 27 heavy (non-hydrogen) atoms. The Labute approximate surface area is 168 Å². The highest BCUT2D eigenvalue weighted by Gasteiger charge is 2.16. The van der Waals surface area contributed by atoms with Crippen molar-refractivity contribution in [2.24, 2.45) is 0 Å². The molecule has 0 unspecified atom stereocenters. The smallest absolute Gasteiger partial charge is 0.222 e. The van der Waals surface area contributed by atoms with Gasteiger partial charge < -0.3 is 4.90 Å². The van der Waals surface area contributed by atoms with E-state index in [-0.39, 0.29) is 0 Å². The molecule has 0 aromatic rings. The number of hydrogen-bond donors (Lipinski definition) is 0. The summed E-state index contributed by atoms with van der Waals surface area (Å²) in [5.41, 5.74) is 5.80. The molecule has 1 aliphatic heterocycles. The third kappa shape index (κ3) is 11.7. The number of rotatable bonds is 11. The van der Waals surface area contributed by atoms with Crippen molar-refractivity contribution < 1.29 is 4.79 Å². The van der Waals surface area contributed by atoms with E-state index in [9.17, 15) is 4.79 Å². The number of piperidine rings is 1. The Morgan fingerprint density at radius 1 is 0.778 bits per heavy atom. The van der Waals surface area contributed by atoms with Crippen LogP contribution < -0.4 is 0 Å². The van der Waals surface area contributed by atoms with Crippen LogP contribution in [0.1, 0.15) is 92.4 Å². The molecule has 0 aliphatic carbocycles. The zero-order valence-corrected chi connectivity index (χ0v) is 18.4. The first-order valence-corrected chi connectivity index (χ1v) is 10.8. The zero-order valence-electron chi connectivity index (χ0n) is 18.4. The van der Waals surface area contributed by atoms with E-state index in [1.807, 2.05) is 4.90 Å². The molecule has 0 aromatic heterocycles. The molecule has 0 radical (unpaired) electrons. The van der Waals surface area contributed by atoms with Crippen molar-refractivity contribution in [3.63, 3.8) is 0 Å². The van der Waals surface area contributed by atoms with E-state index < -0.39 is 0 Å². The minimum absolute atomic E-state index is 0.324. The summed E-state index contributed by atoms with van der Waals surface area (Å²) >= 11 is 0. The van der Waals surface area contributed by atoms with Gasteiger partial charge in [0.15, 0.2) is 0 Å². The summed E-state index contributed by atoms with van der Waals surface area (Å²) in [6.07, 6.45) is 19.1. The molecule has 0 bridgehead atoms. The Hall–Kier alpha value is -1.57. The van der Waals surface area contributed by atoms with Gasteiger partial charge in [0.2, 0.25) is 5.91 Å². The molecular weight excluding hydrogens is 330 g/mol. The van der Waals surface area contributed by atoms with Crippen molar-refractivity contribution in [1.82, 2.24) is 4.90 Å². The topological polar surface area (TPSA) is 20.3 Å². The van der Waals surface area contributed by atoms with Crippen molar-refractivity contribution in [3.05, 3.63) is 46.6 Å². The standard InChI is InChI=1S/C25H41NO/c1-21(2)11-8-12-22(3)13-9-14-23(4)15-10-16-24(5)18-20-26-19-7-6-17-25(26)27/h11,13,15,18H,6-10,12,14,16-17,19-20H2,1-5H3/b22-13+,23-15+,24-18+. The third-order valence-corrected chi connectivity index (χ3v) is 5.24. The molecule has 2 heteroatoms. The van der Waals surface area contributed by atoms with Crippen molar-refractivity contribution in [2.75, 3.05) is 13.1 Å². The quantitative estimate of drug-likeness (QED) is 0.353. The fourth-order valence-electron chi connectivity index (χ4n) is 3.31. The monoisotopic (exact) mass is 371 g/mol. The van der Waals surface area contributed by atoms with Gasteiger partial charge in [-0.05, 0) is 86.0 Å². The Balaban J connectivity index is 2.24.